The number of hydrogen-bond acceptors (Lipinski definition) is 5. The Bertz CT molecular complexity index is 503. The Morgan fingerprint density at radius 1 is 1.33 bits per heavy atom. The summed E-state index contributed by atoms with van der Waals surface area (Å²) in [4.78, 5) is 8.58. The summed E-state index contributed by atoms with van der Waals surface area (Å²) in [5, 5.41) is 17.4. The number of nitrogens with zero attached hydrogens (tertiary/aromatic N) is 2. The van der Waals surface area contributed by atoms with Crippen molar-refractivity contribution in [3.63, 3.8) is 0 Å². The van der Waals surface area contributed by atoms with Gasteiger partial charge < -0.3 is 10.4 Å². The van der Waals surface area contributed by atoms with Crippen molar-refractivity contribution in [1.82, 2.24) is 9.97 Å². The first-order chi connectivity index (χ1) is 8.47. The fourth-order valence-electron chi connectivity index (χ4n) is 1.73. The molecule has 2 aromatic heterocycles. The lowest BCUT2D eigenvalue weighted by Gasteiger charge is -2.22. The number of anilines is 1. The zero-order valence-corrected chi connectivity index (χ0v) is 11.6. The third-order valence-electron chi connectivity index (χ3n) is 2.72. The first kappa shape index (κ1) is 13.0. The van der Waals surface area contributed by atoms with Gasteiger partial charge in [-0.2, -0.15) is 11.3 Å². The van der Waals surface area contributed by atoms with Crippen LogP contribution in [0.25, 0.3) is 0 Å². The van der Waals surface area contributed by atoms with Crippen molar-refractivity contribution in [3.8, 4) is 0 Å². The van der Waals surface area contributed by atoms with Crippen LogP contribution in [0.3, 0.4) is 0 Å². The Hall–Kier alpha value is -1.46. The van der Waals surface area contributed by atoms with Crippen LogP contribution in [0.5, 0.6) is 0 Å². The minimum Gasteiger partial charge on any atom is -0.384 e. The van der Waals surface area contributed by atoms with Crippen LogP contribution in [0.1, 0.15) is 23.9 Å². The zero-order chi connectivity index (χ0) is 13.2. The standard InChI is InChI=1S/C13H17N3OS/c1-9-6-10(2)16-12(15-9)14-8-13(3,17)11-4-5-18-7-11/h4-7,17H,8H2,1-3H3,(H,14,15,16). The summed E-state index contributed by atoms with van der Waals surface area (Å²) in [6, 6.07) is 3.84. The van der Waals surface area contributed by atoms with Crippen LogP contribution in [0, 0.1) is 13.8 Å². The Balaban J connectivity index is 2.07. The van der Waals surface area contributed by atoms with Crippen molar-refractivity contribution in [3.05, 3.63) is 39.8 Å². The first-order valence-corrected chi connectivity index (χ1v) is 6.73. The minimum atomic E-state index is -0.916. The highest BCUT2D eigenvalue weighted by molar-refractivity contribution is 7.08. The molecule has 0 bridgehead atoms. The lowest BCUT2D eigenvalue weighted by molar-refractivity contribution is 0.0718. The summed E-state index contributed by atoms with van der Waals surface area (Å²) >= 11 is 1.57. The average molecular weight is 263 g/mol. The third kappa shape index (κ3) is 3.05. The van der Waals surface area contributed by atoms with Crippen molar-refractivity contribution in [2.45, 2.75) is 26.4 Å². The molecule has 18 heavy (non-hydrogen) atoms. The maximum atomic E-state index is 10.4. The fourth-order valence-corrected chi connectivity index (χ4v) is 2.51. The van der Waals surface area contributed by atoms with E-state index >= 15 is 0 Å². The number of aliphatic hydroxyl groups is 1. The summed E-state index contributed by atoms with van der Waals surface area (Å²) in [6.45, 7) is 6.02. The van der Waals surface area contributed by atoms with Crippen LogP contribution in [0.15, 0.2) is 22.9 Å². The highest BCUT2D eigenvalue weighted by Crippen LogP contribution is 2.23. The molecular weight excluding hydrogens is 246 g/mol. The SMILES string of the molecule is Cc1cc(C)nc(NCC(C)(O)c2ccsc2)n1. The second kappa shape index (κ2) is 5.04. The topological polar surface area (TPSA) is 58.0 Å². The van der Waals surface area contributed by atoms with Gasteiger partial charge in [-0.1, -0.05) is 0 Å². The van der Waals surface area contributed by atoms with Gasteiger partial charge in [-0.3, -0.25) is 0 Å². The normalized spacial score (nSPS) is 14.2. The summed E-state index contributed by atoms with van der Waals surface area (Å²) in [5.41, 5.74) is 1.82. The Labute approximate surface area is 111 Å². The second-order valence-electron chi connectivity index (χ2n) is 4.61. The number of hydrogen-bond donors (Lipinski definition) is 2. The van der Waals surface area contributed by atoms with E-state index in [9.17, 15) is 5.11 Å². The number of aromatic nitrogens is 2. The molecule has 1 atom stereocenters. The van der Waals surface area contributed by atoms with Crippen LogP contribution >= 0.6 is 11.3 Å². The summed E-state index contributed by atoms with van der Waals surface area (Å²) in [6.07, 6.45) is 0. The van der Waals surface area contributed by atoms with Crippen molar-refractivity contribution >= 4 is 17.3 Å². The second-order valence-corrected chi connectivity index (χ2v) is 5.39. The first-order valence-electron chi connectivity index (χ1n) is 5.78. The molecule has 1 unspecified atom stereocenters. The van der Waals surface area contributed by atoms with Gasteiger partial charge in [0.2, 0.25) is 5.95 Å². The average Bonchev–Trinajstić information content (AvgIpc) is 2.79. The van der Waals surface area contributed by atoms with Gasteiger partial charge in [0.25, 0.3) is 0 Å². The molecule has 0 aliphatic carbocycles. The highest BCUT2D eigenvalue weighted by atomic mass is 32.1. The predicted octanol–water partition coefficient (Wildman–Crippen LogP) is 2.47. The lowest BCUT2D eigenvalue weighted by Crippen LogP contribution is -2.30. The van der Waals surface area contributed by atoms with Crippen LogP contribution in [-0.2, 0) is 5.60 Å². The van der Waals surface area contributed by atoms with Gasteiger partial charge in [0.15, 0.2) is 0 Å². The van der Waals surface area contributed by atoms with Gasteiger partial charge in [-0.15, -0.1) is 0 Å². The zero-order valence-electron chi connectivity index (χ0n) is 10.8. The molecule has 2 aromatic rings. The monoisotopic (exact) mass is 263 g/mol. The van der Waals surface area contributed by atoms with Gasteiger partial charge in [-0.05, 0) is 49.2 Å². The molecule has 0 spiro atoms. The Morgan fingerprint density at radius 2 is 2.00 bits per heavy atom. The molecule has 0 aromatic carbocycles. The summed E-state index contributed by atoms with van der Waals surface area (Å²) < 4.78 is 0. The van der Waals surface area contributed by atoms with Crippen molar-refractivity contribution in [2.75, 3.05) is 11.9 Å². The molecule has 0 fully saturated rings. The van der Waals surface area contributed by atoms with Gasteiger partial charge in [0.05, 0.1) is 6.54 Å². The van der Waals surface area contributed by atoms with Crippen LogP contribution in [-0.4, -0.2) is 21.6 Å². The van der Waals surface area contributed by atoms with Crippen LogP contribution in [0.4, 0.5) is 5.95 Å². The highest BCUT2D eigenvalue weighted by Gasteiger charge is 2.23. The lowest BCUT2D eigenvalue weighted by atomic mass is 9.99. The van der Waals surface area contributed by atoms with E-state index in [4.69, 9.17) is 0 Å². The van der Waals surface area contributed by atoms with E-state index in [0.717, 1.165) is 17.0 Å². The van der Waals surface area contributed by atoms with E-state index in [1.807, 2.05) is 36.7 Å². The fraction of sp³-hybridized carbons (Fsp3) is 0.385. The van der Waals surface area contributed by atoms with Gasteiger partial charge in [0.1, 0.15) is 5.60 Å². The van der Waals surface area contributed by atoms with Gasteiger partial charge >= 0.3 is 0 Å². The van der Waals surface area contributed by atoms with E-state index in [0.29, 0.717) is 12.5 Å². The molecule has 0 saturated heterocycles. The van der Waals surface area contributed by atoms with Crippen molar-refractivity contribution < 1.29 is 5.11 Å². The number of thiophene rings is 1. The number of rotatable bonds is 4. The van der Waals surface area contributed by atoms with Crippen LogP contribution in [0.2, 0.25) is 0 Å². The van der Waals surface area contributed by atoms with Crippen molar-refractivity contribution in [1.29, 1.82) is 0 Å². The number of aryl methyl sites for hydroxylation is 2. The quantitative estimate of drug-likeness (QED) is 0.889. The molecule has 0 aliphatic rings. The molecule has 0 amide bonds. The van der Waals surface area contributed by atoms with E-state index in [1.165, 1.54) is 0 Å². The molecule has 2 N–H and O–H groups in total. The number of nitrogens with one attached hydrogen (secondary N) is 1. The molecule has 4 nitrogen and oxygen atoms in total. The van der Waals surface area contributed by atoms with E-state index in [-0.39, 0.29) is 0 Å². The van der Waals surface area contributed by atoms with Gasteiger partial charge in [0, 0.05) is 11.4 Å². The largest absolute Gasteiger partial charge is 0.384 e. The van der Waals surface area contributed by atoms with E-state index in [2.05, 4.69) is 15.3 Å². The van der Waals surface area contributed by atoms with E-state index in [1.54, 1.807) is 18.3 Å². The summed E-state index contributed by atoms with van der Waals surface area (Å²) in [5.74, 6) is 0.558. The molecular formula is C13H17N3OS. The third-order valence-corrected chi connectivity index (χ3v) is 3.40. The maximum Gasteiger partial charge on any atom is 0.223 e. The van der Waals surface area contributed by atoms with E-state index < -0.39 is 5.60 Å². The molecule has 0 aliphatic heterocycles. The molecule has 0 saturated carbocycles. The summed E-state index contributed by atoms with van der Waals surface area (Å²) in [7, 11) is 0. The molecule has 96 valence electrons. The molecule has 5 heteroatoms. The Morgan fingerprint density at radius 3 is 2.56 bits per heavy atom. The van der Waals surface area contributed by atoms with Crippen LogP contribution < -0.4 is 5.32 Å². The molecule has 0 radical (unpaired) electrons. The Kier molecular flexibility index (Phi) is 3.63. The maximum absolute atomic E-state index is 10.4. The smallest absolute Gasteiger partial charge is 0.223 e. The minimum absolute atomic E-state index is 0.382. The molecule has 2 heterocycles. The van der Waals surface area contributed by atoms with Crippen molar-refractivity contribution in [2.24, 2.45) is 0 Å². The molecule has 2 rings (SSSR count). The van der Waals surface area contributed by atoms with Gasteiger partial charge in [-0.25, -0.2) is 9.97 Å². The predicted molar refractivity (Wildman–Crippen MR) is 73.9 cm³/mol.